The summed E-state index contributed by atoms with van der Waals surface area (Å²) in [5, 5.41) is 0. The van der Waals surface area contributed by atoms with E-state index in [-0.39, 0.29) is 23.8 Å². The second kappa shape index (κ2) is 4.08. The molecule has 1 aliphatic carbocycles. The second-order valence-electron chi connectivity index (χ2n) is 6.15. The predicted octanol–water partition coefficient (Wildman–Crippen LogP) is 2.17. The van der Waals surface area contributed by atoms with Crippen molar-refractivity contribution in [2.45, 2.75) is 32.2 Å². The minimum Gasteiger partial charge on any atom is -0.469 e. The molecule has 2 heterocycles. The quantitative estimate of drug-likeness (QED) is 0.737. The highest BCUT2D eigenvalue weighted by atomic mass is 16.5. The summed E-state index contributed by atoms with van der Waals surface area (Å²) in [5.41, 5.74) is 2.65. The van der Waals surface area contributed by atoms with Gasteiger partial charge in [-0.1, -0.05) is 23.8 Å². The maximum absolute atomic E-state index is 12.4. The van der Waals surface area contributed by atoms with Crippen LogP contribution in [0.15, 0.2) is 18.2 Å². The summed E-state index contributed by atoms with van der Waals surface area (Å²) >= 11 is 0. The van der Waals surface area contributed by atoms with Crippen molar-refractivity contribution in [3.63, 3.8) is 0 Å². The topological polar surface area (TPSA) is 46.6 Å². The molecule has 0 radical (unpaired) electrons. The van der Waals surface area contributed by atoms with E-state index in [1.54, 1.807) is 11.9 Å². The van der Waals surface area contributed by atoms with Gasteiger partial charge in [0.05, 0.1) is 24.5 Å². The highest BCUT2D eigenvalue weighted by molar-refractivity contribution is 5.92. The molecule has 1 fully saturated rings. The molecular weight excluding hydrogens is 254 g/mol. The lowest BCUT2D eigenvalue weighted by molar-refractivity contribution is -0.167. The first-order valence-corrected chi connectivity index (χ1v) is 6.85. The molecule has 3 atom stereocenters. The molecular formula is C16H19NO3. The number of rotatable bonds is 1. The first kappa shape index (κ1) is 13.2. The van der Waals surface area contributed by atoms with Gasteiger partial charge in [0.1, 0.15) is 0 Å². The summed E-state index contributed by atoms with van der Waals surface area (Å²) in [6.07, 6.45) is 0.532. The van der Waals surface area contributed by atoms with Crippen LogP contribution in [-0.2, 0) is 14.3 Å². The summed E-state index contributed by atoms with van der Waals surface area (Å²) in [7, 11) is 3.19. The Balaban J connectivity index is 2.21. The molecule has 0 N–H and O–H groups in total. The Labute approximate surface area is 118 Å². The molecule has 1 aromatic carbocycles. The minimum absolute atomic E-state index is 0.106. The third kappa shape index (κ3) is 1.48. The Kier molecular flexibility index (Phi) is 2.68. The van der Waals surface area contributed by atoms with Gasteiger partial charge in [0.15, 0.2) is 0 Å². The summed E-state index contributed by atoms with van der Waals surface area (Å²) < 4.78 is 4.99. The lowest BCUT2D eigenvalue weighted by atomic mass is 9.60. The molecule has 2 bridgehead atoms. The van der Waals surface area contributed by atoms with E-state index in [0.29, 0.717) is 6.42 Å². The molecule has 0 spiro atoms. The number of likely N-dealkylation sites (N-methyl/N-ethyl adjacent to an activating group) is 1. The van der Waals surface area contributed by atoms with E-state index >= 15 is 0 Å². The lowest BCUT2D eigenvalue weighted by Crippen LogP contribution is -2.56. The fourth-order valence-electron chi connectivity index (χ4n) is 3.89. The fraction of sp³-hybridized carbons (Fsp3) is 0.500. The summed E-state index contributed by atoms with van der Waals surface area (Å²) in [5.74, 6) is -0.364. The van der Waals surface area contributed by atoms with Gasteiger partial charge < -0.3 is 9.64 Å². The molecule has 2 aliphatic heterocycles. The van der Waals surface area contributed by atoms with E-state index in [0.717, 1.165) is 16.7 Å². The highest BCUT2D eigenvalue weighted by Crippen LogP contribution is 2.57. The molecule has 1 aromatic rings. The van der Waals surface area contributed by atoms with Crippen LogP contribution >= 0.6 is 0 Å². The van der Waals surface area contributed by atoms with Gasteiger partial charge in [-0.05, 0) is 31.4 Å². The number of hydrogen-bond acceptors (Lipinski definition) is 3. The van der Waals surface area contributed by atoms with Crippen LogP contribution < -0.4 is 0 Å². The van der Waals surface area contributed by atoms with Crippen molar-refractivity contribution < 1.29 is 14.3 Å². The largest absolute Gasteiger partial charge is 0.469 e. The van der Waals surface area contributed by atoms with E-state index < -0.39 is 5.41 Å². The van der Waals surface area contributed by atoms with Gasteiger partial charge in [-0.3, -0.25) is 9.59 Å². The monoisotopic (exact) mass is 273 g/mol. The van der Waals surface area contributed by atoms with Gasteiger partial charge in [0, 0.05) is 7.05 Å². The van der Waals surface area contributed by atoms with E-state index in [9.17, 15) is 9.59 Å². The lowest BCUT2D eigenvalue weighted by Gasteiger charge is -2.53. The number of amides is 1. The van der Waals surface area contributed by atoms with Gasteiger partial charge in [-0.15, -0.1) is 0 Å². The maximum Gasteiger partial charge on any atom is 0.314 e. The Morgan fingerprint density at radius 2 is 2.10 bits per heavy atom. The molecule has 4 heteroatoms. The number of fused-ring (bicyclic) bond motifs is 2. The van der Waals surface area contributed by atoms with Crippen LogP contribution in [-0.4, -0.2) is 30.9 Å². The van der Waals surface area contributed by atoms with Crippen molar-refractivity contribution in [2.75, 3.05) is 14.2 Å². The van der Waals surface area contributed by atoms with Crippen molar-refractivity contribution in [1.82, 2.24) is 4.90 Å². The zero-order valence-corrected chi connectivity index (χ0v) is 12.3. The fourth-order valence-corrected chi connectivity index (χ4v) is 3.89. The molecule has 106 valence electrons. The summed E-state index contributed by atoms with van der Waals surface area (Å²) in [4.78, 5) is 26.4. The third-order valence-electron chi connectivity index (χ3n) is 4.83. The second-order valence-corrected chi connectivity index (χ2v) is 6.15. The molecule has 4 nitrogen and oxygen atoms in total. The van der Waals surface area contributed by atoms with Crippen LogP contribution in [0.25, 0.3) is 0 Å². The number of carbonyl (C=O) groups is 2. The van der Waals surface area contributed by atoms with Crippen LogP contribution in [0, 0.1) is 12.3 Å². The van der Waals surface area contributed by atoms with Crippen molar-refractivity contribution in [3.8, 4) is 0 Å². The first-order valence-electron chi connectivity index (χ1n) is 6.85. The average molecular weight is 273 g/mol. The van der Waals surface area contributed by atoms with Gasteiger partial charge in [0.25, 0.3) is 0 Å². The normalized spacial score (nSPS) is 31.2. The van der Waals surface area contributed by atoms with Crippen molar-refractivity contribution >= 4 is 11.9 Å². The zero-order valence-electron chi connectivity index (χ0n) is 12.3. The smallest absolute Gasteiger partial charge is 0.314 e. The van der Waals surface area contributed by atoms with Crippen LogP contribution in [0.1, 0.15) is 42.0 Å². The standard InChI is InChI=1S/C16H19NO3/c1-9-5-6-10-11(7-9)12-8-16(2,15(19)20-4)13(10)17(3)14(12)18/h5-7,12-13H,8H2,1-4H3/t12-,13?,16+/m0/s1. The molecule has 1 saturated heterocycles. The van der Waals surface area contributed by atoms with E-state index in [4.69, 9.17) is 4.74 Å². The number of piperidine rings is 1. The van der Waals surface area contributed by atoms with Crippen LogP contribution in [0.3, 0.4) is 0 Å². The van der Waals surface area contributed by atoms with E-state index in [2.05, 4.69) is 6.07 Å². The zero-order chi connectivity index (χ0) is 14.7. The number of esters is 1. The maximum atomic E-state index is 12.4. The molecule has 4 rings (SSSR count). The molecule has 3 aliphatic rings. The SMILES string of the molecule is COC(=O)[C@]1(C)C[C@@H]2C(=O)N(C)C1c1ccc(C)cc12. The number of aryl methyl sites for hydroxylation is 1. The van der Waals surface area contributed by atoms with Crippen LogP contribution in [0.4, 0.5) is 0 Å². The van der Waals surface area contributed by atoms with E-state index in [1.165, 1.54) is 7.11 Å². The average Bonchev–Trinajstić information content (AvgIpc) is 2.43. The van der Waals surface area contributed by atoms with E-state index in [1.807, 2.05) is 26.0 Å². The minimum atomic E-state index is -0.662. The Bertz CT molecular complexity index is 610. The molecule has 0 saturated carbocycles. The van der Waals surface area contributed by atoms with Gasteiger partial charge >= 0.3 is 5.97 Å². The first-order chi connectivity index (χ1) is 9.40. The predicted molar refractivity (Wildman–Crippen MR) is 74.2 cm³/mol. The highest BCUT2D eigenvalue weighted by Gasteiger charge is 2.58. The van der Waals surface area contributed by atoms with Gasteiger partial charge in [0.2, 0.25) is 5.91 Å². The number of benzene rings is 1. The van der Waals surface area contributed by atoms with Gasteiger partial charge in [-0.2, -0.15) is 0 Å². The van der Waals surface area contributed by atoms with Crippen molar-refractivity contribution in [3.05, 3.63) is 34.9 Å². The molecule has 1 unspecified atom stereocenters. The molecule has 20 heavy (non-hydrogen) atoms. The van der Waals surface area contributed by atoms with Crippen LogP contribution in [0.2, 0.25) is 0 Å². The number of carbonyl (C=O) groups excluding carboxylic acids is 2. The number of hydrogen-bond donors (Lipinski definition) is 0. The number of methoxy groups -OCH3 is 1. The molecule has 1 amide bonds. The summed E-state index contributed by atoms with van der Waals surface area (Å²) in [6, 6.07) is 5.93. The third-order valence-corrected chi connectivity index (χ3v) is 4.83. The summed E-state index contributed by atoms with van der Waals surface area (Å²) in [6.45, 7) is 3.93. The van der Waals surface area contributed by atoms with Crippen LogP contribution in [0.5, 0.6) is 0 Å². The van der Waals surface area contributed by atoms with Crippen molar-refractivity contribution in [2.24, 2.45) is 5.41 Å². The Hall–Kier alpha value is -1.84. The van der Waals surface area contributed by atoms with Gasteiger partial charge in [-0.25, -0.2) is 0 Å². The number of ether oxygens (including phenoxy) is 1. The molecule has 0 aromatic heterocycles. The number of nitrogens with zero attached hydrogens (tertiary/aromatic N) is 1. The van der Waals surface area contributed by atoms with Crippen molar-refractivity contribution in [1.29, 1.82) is 0 Å². The Morgan fingerprint density at radius 1 is 1.40 bits per heavy atom. The Morgan fingerprint density at radius 3 is 2.75 bits per heavy atom.